The molecule has 2 aliphatic rings. The van der Waals surface area contributed by atoms with Crippen molar-refractivity contribution in [1.29, 1.82) is 0 Å². The highest BCUT2D eigenvalue weighted by molar-refractivity contribution is 5.95. The smallest absolute Gasteiger partial charge is 0.339 e. The molecule has 0 radical (unpaired) electrons. The number of amides is 3. The number of nitrogens with one attached hydrogen (secondary N) is 1. The van der Waals surface area contributed by atoms with Gasteiger partial charge in [-0.2, -0.15) is 13.2 Å². The number of pyridine rings is 1. The number of urea groups is 1. The first-order valence-corrected chi connectivity index (χ1v) is 10.6. The Bertz CT molecular complexity index is 999. The van der Waals surface area contributed by atoms with E-state index in [-0.39, 0.29) is 17.4 Å². The molecule has 1 N–H and O–H groups in total. The van der Waals surface area contributed by atoms with Crippen LogP contribution in [0.15, 0.2) is 42.6 Å². The van der Waals surface area contributed by atoms with Gasteiger partial charge in [-0.3, -0.25) is 9.78 Å². The number of carbonyl (C=O) groups excluding carboxylic acids is 2. The minimum atomic E-state index is -4.41. The van der Waals surface area contributed by atoms with Crippen LogP contribution in [0.4, 0.5) is 23.7 Å². The monoisotopic (exact) mass is 446 g/mol. The molecule has 6 nitrogen and oxygen atoms in total. The van der Waals surface area contributed by atoms with Gasteiger partial charge in [0, 0.05) is 43.8 Å². The number of hydrogen-bond donors (Lipinski definition) is 1. The van der Waals surface area contributed by atoms with Gasteiger partial charge in [0.15, 0.2) is 0 Å². The molecule has 1 spiro atoms. The molecule has 0 aliphatic carbocycles. The van der Waals surface area contributed by atoms with Crippen molar-refractivity contribution in [3.63, 3.8) is 0 Å². The average molecular weight is 446 g/mol. The molecule has 32 heavy (non-hydrogen) atoms. The zero-order valence-corrected chi connectivity index (χ0v) is 17.8. The highest BCUT2D eigenvalue weighted by Gasteiger charge is 2.43. The molecule has 1 aromatic carbocycles. The molecule has 0 saturated carbocycles. The van der Waals surface area contributed by atoms with Crippen molar-refractivity contribution >= 4 is 17.6 Å². The fourth-order valence-corrected chi connectivity index (χ4v) is 4.53. The normalized spacial score (nSPS) is 18.1. The number of likely N-dealkylation sites (tertiary alicyclic amines) is 2. The van der Waals surface area contributed by atoms with E-state index in [0.29, 0.717) is 43.1 Å². The maximum absolute atomic E-state index is 12.8. The van der Waals surface area contributed by atoms with Gasteiger partial charge in [-0.15, -0.1) is 0 Å². The number of anilines is 1. The first kappa shape index (κ1) is 22.1. The molecule has 0 atom stereocenters. The number of hydrogen-bond acceptors (Lipinski definition) is 3. The van der Waals surface area contributed by atoms with Crippen LogP contribution < -0.4 is 5.32 Å². The van der Waals surface area contributed by atoms with Crippen LogP contribution in [0, 0.1) is 12.3 Å². The maximum Gasteiger partial charge on any atom is 0.416 e. The number of alkyl halides is 3. The first-order valence-electron chi connectivity index (χ1n) is 10.6. The summed E-state index contributed by atoms with van der Waals surface area (Å²) in [5.41, 5.74) is 0.880. The summed E-state index contributed by atoms with van der Waals surface area (Å²) in [6, 6.07) is 7.67. The van der Waals surface area contributed by atoms with Gasteiger partial charge < -0.3 is 15.1 Å². The Hall–Kier alpha value is -3.10. The number of piperidine rings is 1. The van der Waals surface area contributed by atoms with Crippen molar-refractivity contribution in [3.05, 3.63) is 59.4 Å². The van der Waals surface area contributed by atoms with Crippen molar-refractivity contribution in [1.82, 2.24) is 14.8 Å². The standard InChI is InChI=1S/C23H25F3N4O2/c1-16-19(3-2-11-27-16)20(31)29-12-8-22(9-13-29)10-14-30(15-22)21(32)28-18-6-4-17(5-7-18)23(24,25)26/h2-7,11H,8-10,12-15H2,1H3,(H,28,32). The Morgan fingerprint density at radius 1 is 1.00 bits per heavy atom. The van der Waals surface area contributed by atoms with Gasteiger partial charge >= 0.3 is 12.2 Å². The molecule has 1 aromatic heterocycles. The summed E-state index contributed by atoms with van der Waals surface area (Å²) >= 11 is 0. The second-order valence-corrected chi connectivity index (χ2v) is 8.61. The third-order valence-electron chi connectivity index (χ3n) is 6.54. The average Bonchev–Trinajstić information content (AvgIpc) is 3.18. The topological polar surface area (TPSA) is 65.5 Å². The molecule has 2 saturated heterocycles. The van der Waals surface area contributed by atoms with Crippen molar-refractivity contribution in [3.8, 4) is 0 Å². The van der Waals surface area contributed by atoms with Crippen molar-refractivity contribution in [2.75, 3.05) is 31.5 Å². The number of benzene rings is 1. The van der Waals surface area contributed by atoms with Gasteiger partial charge in [-0.05, 0) is 68.0 Å². The molecular formula is C23H25F3N4O2. The maximum atomic E-state index is 12.8. The number of nitrogens with zero attached hydrogens (tertiary/aromatic N) is 3. The summed E-state index contributed by atoms with van der Waals surface area (Å²) in [4.78, 5) is 33.2. The molecule has 0 bridgehead atoms. The van der Waals surface area contributed by atoms with Crippen LogP contribution in [0.5, 0.6) is 0 Å². The Kier molecular flexibility index (Phi) is 5.83. The molecule has 3 heterocycles. The summed E-state index contributed by atoms with van der Waals surface area (Å²) in [6.07, 6.45) is -0.276. The fourth-order valence-electron chi connectivity index (χ4n) is 4.53. The van der Waals surface area contributed by atoms with Crippen LogP contribution in [0.3, 0.4) is 0 Å². The third-order valence-corrected chi connectivity index (χ3v) is 6.54. The number of aromatic nitrogens is 1. The number of rotatable bonds is 2. The molecule has 2 fully saturated rings. The Balaban J connectivity index is 1.32. The summed E-state index contributed by atoms with van der Waals surface area (Å²) in [5, 5.41) is 2.69. The molecule has 2 aliphatic heterocycles. The fraction of sp³-hybridized carbons (Fsp3) is 0.435. The van der Waals surface area contributed by atoms with E-state index in [9.17, 15) is 22.8 Å². The second-order valence-electron chi connectivity index (χ2n) is 8.61. The van der Waals surface area contributed by atoms with E-state index in [4.69, 9.17) is 0 Å². The van der Waals surface area contributed by atoms with E-state index in [1.54, 1.807) is 23.2 Å². The van der Waals surface area contributed by atoms with Gasteiger partial charge in [0.1, 0.15) is 0 Å². The third kappa shape index (κ3) is 4.56. The van der Waals surface area contributed by atoms with E-state index in [0.717, 1.165) is 31.4 Å². The summed E-state index contributed by atoms with van der Waals surface area (Å²) in [5.74, 6) is -0.0136. The largest absolute Gasteiger partial charge is 0.416 e. The van der Waals surface area contributed by atoms with Crippen molar-refractivity contribution in [2.45, 2.75) is 32.4 Å². The number of carbonyl (C=O) groups is 2. The summed E-state index contributed by atoms with van der Waals surface area (Å²) in [7, 11) is 0. The van der Waals surface area contributed by atoms with E-state index in [1.807, 2.05) is 11.8 Å². The predicted molar refractivity (Wildman–Crippen MR) is 113 cm³/mol. The predicted octanol–water partition coefficient (Wildman–Crippen LogP) is 4.57. The second kappa shape index (κ2) is 8.44. The Morgan fingerprint density at radius 2 is 1.62 bits per heavy atom. The van der Waals surface area contributed by atoms with Crippen LogP contribution in [0.2, 0.25) is 0 Å². The van der Waals surface area contributed by atoms with Gasteiger partial charge in [-0.1, -0.05) is 0 Å². The molecular weight excluding hydrogens is 421 g/mol. The van der Waals surface area contributed by atoms with Crippen molar-refractivity contribution in [2.24, 2.45) is 5.41 Å². The number of halogens is 3. The Labute approximate surface area is 184 Å². The van der Waals surface area contributed by atoms with Crippen LogP contribution in [-0.4, -0.2) is 52.9 Å². The highest BCUT2D eigenvalue weighted by Crippen LogP contribution is 2.41. The molecule has 9 heteroatoms. The summed E-state index contributed by atoms with van der Waals surface area (Å²) in [6.45, 7) is 4.24. The minimum Gasteiger partial charge on any atom is -0.339 e. The van der Waals surface area contributed by atoms with E-state index in [1.165, 1.54) is 12.1 Å². The Morgan fingerprint density at radius 3 is 2.22 bits per heavy atom. The quantitative estimate of drug-likeness (QED) is 0.735. The molecule has 2 aromatic rings. The van der Waals surface area contributed by atoms with Gasteiger partial charge in [0.25, 0.3) is 5.91 Å². The van der Waals surface area contributed by atoms with Gasteiger partial charge in [0.05, 0.1) is 11.1 Å². The molecule has 3 amide bonds. The lowest BCUT2D eigenvalue weighted by atomic mass is 9.77. The lowest BCUT2D eigenvalue weighted by Crippen LogP contribution is -2.45. The first-order chi connectivity index (χ1) is 15.2. The van der Waals surface area contributed by atoms with Crippen molar-refractivity contribution < 1.29 is 22.8 Å². The van der Waals surface area contributed by atoms with Gasteiger partial charge in [0.2, 0.25) is 0 Å². The van der Waals surface area contributed by atoms with Crippen LogP contribution >= 0.6 is 0 Å². The van der Waals surface area contributed by atoms with Crippen LogP contribution in [-0.2, 0) is 6.18 Å². The zero-order chi connectivity index (χ0) is 22.9. The van der Waals surface area contributed by atoms with Crippen LogP contribution in [0.25, 0.3) is 0 Å². The van der Waals surface area contributed by atoms with E-state index >= 15 is 0 Å². The van der Waals surface area contributed by atoms with E-state index in [2.05, 4.69) is 10.3 Å². The SMILES string of the molecule is Cc1ncccc1C(=O)N1CCC2(CCN(C(=O)Nc3ccc(C(F)(F)F)cc3)C2)CC1. The highest BCUT2D eigenvalue weighted by atomic mass is 19.4. The lowest BCUT2D eigenvalue weighted by molar-refractivity contribution is -0.137. The zero-order valence-electron chi connectivity index (χ0n) is 17.8. The molecule has 0 unspecified atom stereocenters. The summed E-state index contributed by atoms with van der Waals surface area (Å²) < 4.78 is 38.1. The lowest BCUT2D eigenvalue weighted by Gasteiger charge is -2.39. The molecule has 4 rings (SSSR count). The minimum absolute atomic E-state index is 0.0136. The van der Waals surface area contributed by atoms with Crippen LogP contribution in [0.1, 0.15) is 40.9 Å². The van der Waals surface area contributed by atoms with E-state index < -0.39 is 11.7 Å². The number of aryl methyl sites for hydroxylation is 1. The van der Waals surface area contributed by atoms with Gasteiger partial charge in [-0.25, -0.2) is 4.79 Å². The molecule has 170 valence electrons.